The molecule has 1 aliphatic carbocycles. The van der Waals surface area contributed by atoms with E-state index in [-0.39, 0.29) is 6.10 Å². The van der Waals surface area contributed by atoms with Gasteiger partial charge in [-0.15, -0.1) is 0 Å². The zero-order chi connectivity index (χ0) is 26.5. The minimum absolute atomic E-state index is 0.145. The molecule has 0 amide bonds. The van der Waals surface area contributed by atoms with Gasteiger partial charge in [-0.2, -0.15) is 0 Å². The number of carbonyl (C=O) groups excluding carboxylic acids is 2. The summed E-state index contributed by atoms with van der Waals surface area (Å²) in [6, 6.07) is 14.5. The molecule has 1 fully saturated rings. The normalized spacial score (nSPS) is 19.5. The van der Waals surface area contributed by atoms with Crippen molar-refractivity contribution in [3.63, 3.8) is 0 Å². The molecule has 1 heterocycles. The summed E-state index contributed by atoms with van der Waals surface area (Å²) in [4.78, 5) is 30.6. The Balaban J connectivity index is 1.54. The highest BCUT2D eigenvalue weighted by Gasteiger charge is 2.33. The van der Waals surface area contributed by atoms with Crippen molar-refractivity contribution in [2.75, 3.05) is 20.8 Å². The van der Waals surface area contributed by atoms with Gasteiger partial charge in [0.15, 0.2) is 18.1 Å². The van der Waals surface area contributed by atoms with Crippen LogP contribution in [0, 0.1) is 17.8 Å². The standard InChI is InChI=1S/C30H35NO6/c1-18(2)21-12-10-19(3)14-27(21)37-29(32)17-36-30(33)23-16-25(31-24-9-7-6-8-22(23)24)20-11-13-26(34-4)28(15-20)35-5/h6-9,11,13,15-16,18-19,21,27H,10,12,14,17H2,1-5H3/t19-,21+,27-/m1/s1. The van der Waals surface area contributed by atoms with Crippen LogP contribution in [0.2, 0.25) is 0 Å². The first-order chi connectivity index (χ1) is 17.8. The van der Waals surface area contributed by atoms with Crippen molar-refractivity contribution in [1.29, 1.82) is 0 Å². The van der Waals surface area contributed by atoms with Crippen molar-refractivity contribution >= 4 is 22.8 Å². The molecule has 0 radical (unpaired) electrons. The minimum Gasteiger partial charge on any atom is -0.493 e. The van der Waals surface area contributed by atoms with Crippen LogP contribution in [0.3, 0.4) is 0 Å². The molecular formula is C30H35NO6. The fraction of sp³-hybridized carbons (Fsp3) is 0.433. The van der Waals surface area contributed by atoms with Gasteiger partial charge in [-0.25, -0.2) is 14.6 Å². The number of nitrogens with zero attached hydrogens (tertiary/aromatic N) is 1. The first-order valence-corrected chi connectivity index (χ1v) is 12.8. The van der Waals surface area contributed by atoms with Crippen molar-refractivity contribution in [1.82, 2.24) is 4.98 Å². The maximum atomic E-state index is 13.2. The lowest BCUT2D eigenvalue weighted by Gasteiger charge is -2.36. The second kappa shape index (κ2) is 11.6. The third-order valence-corrected chi connectivity index (χ3v) is 7.18. The summed E-state index contributed by atoms with van der Waals surface area (Å²) in [6.45, 7) is 6.07. The molecule has 0 saturated heterocycles. The van der Waals surface area contributed by atoms with Gasteiger partial charge in [-0.1, -0.05) is 45.4 Å². The quantitative estimate of drug-likeness (QED) is 0.343. The van der Waals surface area contributed by atoms with Gasteiger partial charge in [0.05, 0.1) is 31.0 Å². The maximum Gasteiger partial charge on any atom is 0.344 e. The number of hydrogen-bond donors (Lipinski definition) is 0. The Morgan fingerprint density at radius 3 is 2.49 bits per heavy atom. The second-order valence-corrected chi connectivity index (χ2v) is 10.1. The molecule has 37 heavy (non-hydrogen) atoms. The number of ether oxygens (including phenoxy) is 4. The van der Waals surface area contributed by atoms with Gasteiger partial charge in [-0.3, -0.25) is 0 Å². The predicted octanol–water partition coefficient (Wildman–Crippen LogP) is 6.08. The first-order valence-electron chi connectivity index (χ1n) is 12.8. The van der Waals surface area contributed by atoms with E-state index >= 15 is 0 Å². The Morgan fingerprint density at radius 1 is 1.00 bits per heavy atom. The summed E-state index contributed by atoms with van der Waals surface area (Å²) < 4.78 is 22.0. The van der Waals surface area contributed by atoms with Crippen molar-refractivity contribution in [2.24, 2.45) is 17.8 Å². The first kappa shape index (κ1) is 26.5. The van der Waals surface area contributed by atoms with E-state index in [2.05, 4.69) is 20.8 Å². The smallest absolute Gasteiger partial charge is 0.344 e. The van der Waals surface area contributed by atoms with E-state index in [0.717, 1.165) is 24.8 Å². The number of para-hydroxylation sites is 1. The highest BCUT2D eigenvalue weighted by Crippen LogP contribution is 2.36. The van der Waals surface area contributed by atoms with Crippen LogP contribution in [0.5, 0.6) is 11.5 Å². The Kier molecular flexibility index (Phi) is 8.31. The number of methoxy groups -OCH3 is 2. The number of esters is 2. The molecule has 7 nitrogen and oxygen atoms in total. The van der Waals surface area contributed by atoms with Crippen molar-refractivity contribution < 1.29 is 28.5 Å². The number of rotatable bonds is 8. The molecule has 3 aromatic rings. The van der Waals surface area contributed by atoms with Gasteiger partial charge < -0.3 is 18.9 Å². The zero-order valence-electron chi connectivity index (χ0n) is 22.2. The molecule has 0 bridgehead atoms. The van der Waals surface area contributed by atoms with Crippen molar-refractivity contribution in [3.8, 4) is 22.8 Å². The lowest BCUT2D eigenvalue weighted by atomic mass is 9.75. The summed E-state index contributed by atoms with van der Waals surface area (Å²) in [5, 5.41) is 0.645. The van der Waals surface area contributed by atoms with Gasteiger partial charge in [0, 0.05) is 10.9 Å². The number of pyridine rings is 1. The number of carbonyl (C=O) groups is 2. The van der Waals surface area contributed by atoms with Crippen LogP contribution in [0.4, 0.5) is 0 Å². The zero-order valence-corrected chi connectivity index (χ0v) is 22.2. The van der Waals surface area contributed by atoms with E-state index in [1.165, 1.54) is 0 Å². The van der Waals surface area contributed by atoms with E-state index in [9.17, 15) is 9.59 Å². The Hall–Kier alpha value is -3.61. The van der Waals surface area contributed by atoms with Crippen molar-refractivity contribution in [3.05, 3.63) is 54.1 Å². The largest absolute Gasteiger partial charge is 0.493 e. The van der Waals surface area contributed by atoms with Gasteiger partial charge in [0.25, 0.3) is 0 Å². The van der Waals surface area contributed by atoms with Crippen LogP contribution in [-0.2, 0) is 14.3 Å². The highest BCUT2D eigenvalue weighted by atomic mass is 16.6. The van der Waals surface area contributed by atoms with Gasteiger partial charge in [-0.05, 0) is 60.9 Å². The van der Waals surface area contributed by atoms with Gasteiger partial charge in [0.1, 0.15) is 6.10 Å². The van der Waals surface area contributed by atoms with Crippen molar-refractivity contribution in [2.45, 2.75) is 46.1 Å². The summed E-state index contributed by atoms with van der Waals surface area (Å²) >= 11 is 0. The number of benzene rings is 2. The van der Waals surface area contributed by atoms with E-state index in [4.69, 9.17) is 23.9 Å². The van der Waals surface area contributed by atoms with E-state index in [0.29, 0.717) is 51.4 Å². The molecule has 196 valence electrons. The second-order valence-electron chi connectivity index (χ2n) is 10.1. The summed E-state index contributed by atoms with van der Waals surface area (Å²) in [7, 11) is 3.14. The van der Waals surface area contributed by atoms with E-state index in [1.807, 2.05) is 30.3 Å². The van der Waals surface area contributed by atoms with Gasteiger partial charge in [0.2, 0.25) is 0 Å². The molecule has 1 saturated carbocycles. The molecule has 3 atom stereocenters. The monoisotopic (exact) mass is 505 g/mol. The summed E-state index contributed by atoms with van der Waals surface area (Å²) in [6.07, 6.45) is 2.88. The lowest BCUT2D eigenvalue weighted by molar-refractivity contribution is -0.159. The highest BCUT2D eigenvalue weighted by molar-refractivity contribution is 6.05. The number of aromatic nitrogens is 1. The maximum absolute atomic E-state index is 13.2. The van der Waals surface area contributed by atoms with Crippen LogP contribution < -0.4 is 9.47 Å². The van der Waals surface area contributed by atoms with Crippen LogP contribution in [0.1, 0.15) is 50.4 Å². The molecular weight excluding hydrogens is 470 g/mol. The number of hydrogen-bond acceptors (Lipinski definition) is 7. The molecule has 0 spiro atoms. The Morgan fingerprint density at radius 2 is 1.76 bits per heavy atom. The summed E-state index contributed by atoms with van der Waals surface area (Å²) in [5.41, 5.74) is 2.29. The van der Waals surface area contributed by atoms with Crippen LogP contribution in [0.15, 0.2) is 48.5 Å². The third-order valence-electron chi connectivity index (χ3n) is 7.18. The average molecular weight is 506 g/mol. The SMILES string of the molecule is COc1ccc(-c2cc(C(=O)OCC(=O)O[C@@H]3C[C@H](C)CC[C@H]3C(C)C)c3ccccc3n2)cc1OC. The molecule has 1 aliphatic rings. The molecule has 7 heteroatoms. The van der Waals surface area contributed by atoms with Gasteiger partial charge >= 0.3 is 11.9 Å². The Labute approximate surface area is 218 Å². The predicted molar refractivity (Wildman–Crippen MR) is 142 cm³/mol. The van der Waals surface area contributed by atoms with Crippen LogP contribution >= 0.6 is 0 Å². The molecule has 1 aromatic heterocycles. The molecule has 4 rings (SSSR count). The Bertz CT molecular complexity index is 1270. The minimum atomic E-state index is -0.602. The molecule has 0 unspecified atom stereocenters. The molecule has 0 N–H and O–H groups in total. The van der Waals surface area contributed by atoms with E-state index in [1.54, 1.807) is 32.4 Å². The molecule has 2 aromatic carbocycles. The van der Waals surface area contributed by atoms with E-state index < -0.39 is 18.5 Å². The average Bonchev–Trinajstić information content (AvgIpc) is 2.90. The number of fused-ring (bicyclic) bond motifs is 1. The van der Waals surface area contributed by atoms with Crippen LogP contribution in [0.25, 0.3) is 22.2 Å². The lowest BCUT2D eigenvalue weighted by Crippen LogP contribution is -2.36. The third kappa shape index (κ3) is 6.04. The fourth-order valence-electron chi connectivity index (χ4n) is 5.14. The fourth-order valence-corrected chi connectivity index (χ4v) is 5.14. The molecule has 0 aliphatic heterocycles. The summed E-state index contributed by atoms with van der Waals surface area (Å²) in [5.74, 6) is 1.28. The topological polar surface area (TPSA) is 84.0 Å². The van der Waals surface area contributed by atoms with Crippen LogP contribution in [-0.4, -0.2) is 43.9 Å².